The van der Waals surface area contributed by atoms with Crippen molar-refractivity contribution >= 4 is 11.7 Å². The van der Waals surface area contributed by atoms with Gasteiger partial charge in [-0.3, -0.25) is 4.79 Å². The minimum absolute atomic E-state index is 0.127. The third kappa shape index (κ3) is 4.47. The maximum absolute atomic E-state index is 11.9. The van der Waals surface area contributed by atoms with Crippen LogP contribution in [0.2, 0.25) is 0 Å². The van der Waals surface area contributed by atoms with E-state index in [2.05, 4.69) is 20.6 Å². The molecule has 0 radical (unpaired) electrons. The predicted molar refractivity (Wildman–Crippen MR) is 79.8 cm³/mol. The van der Waals surface area contributed by atoms with E-state index in [1.807, 2.05) is 6.92 Å². The highest BCUT2D eigenvalue weighted by Crippen LogP contribution is 2.20. The number of rotatable bonds is 5. The second-order valence-electron chi connectivity index (χ2n) is 5.38. The number of hydrogen-bond acceptors (Lipinski definition) is 4. The molecule has 0 aliphatic heterocycles. The van der Waals surface area contributed by atoms with E-state index in [1.165, 1.54) is 44.9 Å². The molecule has 5 heteroatoms. The molecule has 1 fully saturated rings. The highest BCUT2D eigenvalue weighted by molar-refractivity contribution is 5.92. The second kappa shape index (κ2) is 7.82. The van der Waals surface area contributed by atoms with Crippen LogP contribution >= 0.6 is 0 Å². The van der Waals surface area contributed by atoms with Crippen LogP contribution in [0, 0.1) is 0 Å². The van der Waals surface area contributed by atoms with Gasteiger partial charge < -0.3 is 10.6 Å². The van der Waals surface area contributed by atoms with Gasteiger partial charge >= 0.3 is 0 Å². The Morgan fingerprint density at radius 1 is 1.25 bits per heavy atom. The van der Waals surface area contributed by atoms with Gasteiger partial charge in [0.15, 0.2) is 0 Å². The van der Waals surface area contributed by atoms with Gasteiger partial charge in [-0.05, 0) is 19.3 Å². The van der Waals surface area contributed by atoms with Gasteiger partial charge in [-0.1, -0.05) is 32.6 Å². The lowest BCUT2D eigenvalue weighted by Gasteiger charge is -2.16. The molecule has 0 aromatic carbocycles. The minimum atomic E-state index is -0.127. The molecule has 1 aliphatic rings. The first-order valence-electron chi connectivity index (χ1n) is 7.66. The maximum Gasteiger partial charge on any atom is 0.270 e. The van der Waals surface area contributed by atoms with E-state index in [0.29, 0.717) is 18.3 Å². The third-order valence-electron chi connectivity index (χ3n) is 3.64. The smallest absolute Gasteiger partial charge is 0.270 e. The van der Waals surface area contributed by atoms with Gasteiger partial charge in [0.25, 0.3) is 5.91 Å². The maximum atomic E-state index is 11.9. The monoisotopic (exact) mass is 276 g/mol. The zero-order chi connectivity index (χ0) is 14.2. The van der Waals surface area contributed by atoms with Gasteiger partial charge in [-0.15, -0.1) is 0 Å². The van der Waals surface area contributed by atoms with Crippen molar-refractivity contribution in [2.24, 2.45) is 0 Å². The Labute approximate surface area is 120 Å². The van der Waals surface area contributed by atoms with Crippen molar-refractivity contribution in [3.8, 4) is 0 Å². The van der Waals surface area contributed by atoms with Crippen LogP contribution in [0.5, 0.6) is 0 Å². The number of aromatic nitrogens is 2. The average molecular weight is 276 g/mol. The first-order chi connectivity index (χ1) is 9.79. The lowest BCUT2D eigenvalue weighted by atomic mass is 10.1. The fourth-order valence-corrected chi connectivity index (χ4v) is 2.52. The number of carbonyl (C=O) groups is 1. The minimum Gasteiger partial charge on any atom is -0.367 e. The molecule has 1 saturated carbocycles. The normalized spacial score (nSPS) is 16.4. The molecule has 1 amide bonds. The van der Waals surface area contributed by atoms with Crippen molar-refractivity contribution in [1.29, 1.82) is 0 Å². The summed E-state index contributed by atoms with van der Waals surface area (Å²) in [5, 5.41) is 6.27. The molecule has 0 unspecified atom stereocenters. The van der Waals surface area contributed by atoms with Crippen LogP contribution in [0.15, 0.2) is 12.4 Å². The van der Waals surface area contributed by atoms with Crippen molar-refractivity contribution in [1.82, 2.24) is 15.3 Å². The van der Waals surface area contributed by atoms with Crippen LogP contribution in [0.25, 0.3) is 0 Å². The Bertz CT molecular complexity index is 428. The number of hydrogen-bond donors (Lipinski definition) is 2. The Morgan fingerprint density at radius 2 is 2.00 bits per heavy atom. The van der Waals surface area contributed by atoms with Gasteiger partial charge in [0.05, 0.1) is 0 Å². The summed E-state index contributed by atoms with van der Waals surface area (Å²) in [6.45, 7) is 2.70. The fraction of sp³-hybridized carbons (Fsp3) is 0.667. The number of anilines is 1. The van der Waals surface area contributed by atoms with Crippen LogP contribution in [0.4, 0.5) is 5.82 Å². The summed E-state index contributed by atoms with van der Waals surface area (Å²) in [7, 11) is 0. The number of amides is 1. The van der Waals surface area contributed by atoms with E-state index in [0.717, 1.165) is 12.2 Å². The van der Waals surface area contributed by atoms with Crippen LogP contribution < -0.4 is 10.6 Å². The number of nitrogens with zero attached hydrogens (tertiary/aromatic N) is 2. The van der Waals surface area contributed by atoms with Crippen molar-refractivity contribution in [2.45, 2.75) is 57.9 Å². The summed E-state index contributed by atoms with van der Waals surface area (Å²) in [5.41, 5.74) is 0.435. The quantitative estimate of drug-likeness (QED) is 0.811. The Hall–Kier alpha value is -1.65. The van der Waals surface area contributed by atoms with Crippen molar-refractivity contribution < 1.29 is 4.79 Å². The van der Waals surface area contributed by atoms with Gasteiger partial charge in [-0.25, -0.2) is 9.97 Å². The van der Waals surface area contributed by atoms with Gasteiger partial charge in [0.1, 0.15) is 17.8 Å². The predicted octanol–water partition coefficient (Wildman–Crippen LogP) is 2.75. The topological polar surface area (TPSA) is 66.9 Å². The summed E-state index contributed by atoms with van der Waals surface area (Å²) >= 11 is 0. The molecule has 110 valence electrons. The molecular weight excluding hydrogens is 252 g/mol. The van der Waals surface area contributed by atoms with E-state index in [1.54, 1.807) is 6.07 Å². The van der Waals surface area contributed by atoms with E-state index in [9.17, 15) is 4.79 Å². The second-order valence-corrected chi connectivity index (χ2v) is 5.38. The van der Waals surface area contributed by atoms with Crippen molar-refractivity contribution in [2.75, 3.05) is 11.9 Å². The summed E-state index contributed by atoms with van der Waals surface area (Å²) in [6.07, 6.45) is 9.94. The SMILES string of the molecule is CCCNC(=O)c1cc(NC2CCCCCC2)ncn1. The summed E-state index contributed by atoms with van der Waals surface area (Å²) < 4.78 is 0. The first kappa shape index (κ1) is 14.8. The molecule has 1 aliphatic carbocycles. The molecule has 0 spiro atoms. The van der Waals surface area contributed by atoms with Crippen LogP contribution in [0.3, 0.4) is 0 Å². The molecule has 1 aromatic rings. The Morgan fingerprint density at radius 3 is 2.70 bits per heavy atom. The Balaban J connectivity index is 1.96. The molecule has 0 saturated heterocycles. The van der Waals surface area contributed by atoms with Gasteiger partial charge in [0.2, 0.25) is 0 Å². The largest absolute Gasteiger partial charge is 0.367 e. The van der Waals surface area contributed by atoms with E-state index < -0.39 is 0 Å². The van der Waals surface area contributed by atoms with E-state index in [-0.39, 0.29) is 5.91 Å². The molecule has 2 rings (SSSR count). The van der Waals surface area contributed by atoms with Gasteiger partial charge in [0, 0.05) is 18.7 Å². The summed E-state index contributed by atoms with van der Waals surface area (Å²) in [5.74, 6) is 0.631. The fourth-order valence-electron chi connectivity index (χ4n) is 2.52. The first-order valence-corrected chi connectivity index (χ1v) is 7.66. The number of carbonyl (C=O) groups excluding carboxylic acids is 1. The molecule has 20 heavy (non-hydrogen) atoms. The van der Waals surface area contributed by atoms with Crippen LogP contribution in [-0.4, -0.2) is 28.5 Å². The summed E-state index contributed by atoms with van der Waals surface area (Å²) in [4.78, 5) is 20.1. The van der Waals surface area contributed by atoms with Crippen molar-refractivity contribution in [3.05, 3.63) is 18.1 Å². The molecular formula is C15H24N4O. The molecule has 5 nitrogen and oxygen atoms in total. The highest BCUT2D eigenvalue weighted by Gasteiger charge is 2.14. The highest BCUT2D eigenvalue weighted by atomic mass is 16.1. The lowest BCUT2D eigenvalue weighted by Crippen LogP contribution is -2.25. The molecule has 1 aromatic heterocycles. The van der Waals surface area contributed by atoms with Crippen LogP contribution in [0.1, 0.15) is 62.4 Å². The van der Waals surface area contributed by atoms with Crippen molar-refractivity contribution in [3.63, 3.8) is 0 Å². The average Bonchev–Trinajstić information content (AvgIpc) is 2.73. The van der Waals surface area contributed by atoms with E-state index in [4.69, 9.17) is 0 Å². The zero-order valence-corrected chi connectivity index (χ0v) is 12.2. The molecule has 0 atom stereocenters. The van der Waals surface area contributed by atoms with E-state index >= 15 is 0 Å². The standard InChI is InChI=1S/C15H24N4O/c1-2-9-16-15(20)13-10-14(18-11-17-13)19-12-7-5-3-4-6-8-12/h10-12H,2-9H2,1H3,(H,16,20)(H,17,18,19). The van der Waals surface area contributed by atoms with Gasteiger partial charge in [-0.2, -0.15) is 0 Å². The summed E-state index contributed by atoms with van der Waals surface area (Å²) in [6, 6.07) is 2.22. The number of nitrogens with one attached hydrogen (secondary N) is 2. The molecule has 2 N–H and O–H groups in total. The molecule has 0 bridgehead atoms. The molecule has 1 heterocycles. The van der Waals surface area contributed by atoms with Crippen LogP contribution in [-0.2, 0) is 0 Å². The third-order valence-corrected chi connectivity index (χ3v) is 3.64. The zero-order valence-electron chi connectivity index (χ0n) is 12.2. The Kier molecular flexibility index (Phi) is 5.77. The lowest BCUT2D eigenvalue weighted by molar-refractivity contribution is 0.0948.